The molecule has 1 saturated carbocycles. The second kappa shape index (κ2) is 6.57. The minimum absolute atomic E-state index is 0.140. The molecule has 1 aliphatic rings. The molecule has 2 rings (SSSR count). The molecule has 0 aromatic carbocycles. The Morgan fingerprint density at radius 3 is 2.70 bits per heavy atom. The van der Waals surface area contributed by atoms with Crippen molar-refractivity contribution in [2.24, 2.45) is 0 Å². The molecule has 0 aliphatic heterocycles. The number of pyridine rings is 1. The van der Waals surface area contributed by atoms with E-state index in [0.717, 1.165) is 19.1 Å². The molecule has 0 saturated heterocycles. The third kappa shape index (κ3) is 4.48. The highest BCUT2D eigenvalue weighted by Crippen LogP contribution is 2.32. The minimum Gasteiger partial charge on any atom is -0.353 e. The van der Waals surface area contributed by atoms with Gasteiger partial charge in [-0.2, -0.15) is 0 Å². The van der Waals surface area contributed by atoms with Crippen LogP contribution in [0.4, 0.5) is 5.82 Å². The van der Waals surface area contributed by atoms with E-state index < -0.39 is 0 Å². The molecule has 1 aliphatic carbocycles. The summed E-state index contributed by atoms with van der Waals surface area (Å²) in [6.45, 7) is 10.9. The maximum atomic E-state index is 4.68. The second-order valence-electron chi connectivity index (χ2n) is 6.87. The number of aromatic nitrogens is 1. The summed E-state index contributed by atoms with van der Waals surface area (Å²) in [5.74, 6) is 1.19. The Balaban J connectivity index is 2.12. The Kier molecular flexibility index (Phi) is 5.03. The van der Waals surface area contributed by atoms with Crippen molar-refractivity contribution in [3.05, 3.63) is 23.9 Å². The summed E-state index contributed by atoms with van der Waals surface area (Å²) in [4.78, 5) is 7.21. The first kappa shape index (κ1) is 15.3. The van der Waals surface area contributed by atoms with Crippen molar-refractivity contribution in [2.75, 3.05) is 11.4 Å². The van der Waals surface area contributed by atoms with Crippen molar-refractivity contribution >= 4 is 5.82 Å². The van der Waals surface area contributed by atoms with Gasteiger partial charge in [0.15, 0.2) is 0 Å². The quantitative estimate of drug-likeness (QED) is 0.821. The van der Waals surface area contributed by atoms with Crippen LogP contribution in [0, 0.1) is 0 Å². The zero-order chi connectivity index (χ0) is 14.6. The molecular weight excluding hydrogens is 246 g/mol. The maximum Gasteiger partial charge on any atom is 0.133 e. The average molecular weight is 275 g/mol. The number of nitrogens with one attached hydrogen (secondary N) is 1. The van der Waals surface area contributed by atoms with Crippen LogP contribution < -0.4 is 10.2 Å². The fraction of sp³-hybridized carbons (Fsp3) is 0.706. The molecule has 1 N–H and O–H groups in total. The van der Waals surface area contributed by atoms with Crippen LogP contribution in [0.1, 0.15) is 58.9 Å². The molecule has 1 fully saturated rings. The van der Waals surface area contributed by atoms with E-state index in [4.69, 9.17) is 0 Å². The lowest BCUT2D eigenvalue weighted by molar-refractivity contribution is 0.424. The van der Waals surface area contributed by atoms with Crippen LogP contribution in [0.15, 0.2) is 18.3 Å². The lowest BCUT2D eigenvalue weighted by atomic mass is 10.1. The molecule has 0 spiro atoms. The van der Waals surface area contributed by atoms with Gasteiger partial charge in [-0.15, -0.1) is 0 Å². The highest BCUT2D eigenvalue weighted by Gasteiger charge is 2.30. The van der Waals surface area contributed by atoms with Gasteiger partial charge in [0.1, 0.15) is 5.82 Å². The topological polar surface area (TPSA) is 28.2 Å². The third-order valence-corrected chi connectivity index (χ3v) is 3.69. The Bertz CT molecular complexity index is 418. The molecule has 0 radical (unpaired) electrons. The van der Waals surface area contributed by atoms with Gasteiger partial charge >= 0.3 is 0 Å². The Labute approximate surface area is 123 Å². The van der Waals surface area contributed by atoms with Crippen molar-refractivity contribution < 1.29 is 0 Å². The normalized spacial score (nSPS) is 15.4. The fourth-order valence-electron chi connectivity index (χ4n) is 2.36. The number of rotatable bonds is 7. The van der Waals surface area contributed by atoms with Crippen LogP contribution in [0.25, 0.3) is 0 Å². The van der Waals surface area contributed by atoms with E-state index in [1.54, 1.807) is 0 Å². The summed E-state index contributed by atoms with van der Waals surface area (Å²) in [5, 5.41) is 3.58. The summed E-state index contributed by atoms with van der Waals surface area (Å²) in [6, 6.07) is 4.99. The largest absolute Gasteiger partial charge is 0.353 e. The fourth-order valence-corrected chi connectivity index (χ4v) is 2.36. The highest BCUT2D eigenvalue weighted by atomic mass is 15.2. The number of anilines is 1. The first-order valence-corrected chi connectivity index (χ1v) is 7.97. The van der Waals surface area contributed by atoms with E-state index in [1.807, 2.05) is 12.3 Å². The van der Waals surface area contributed by atoms with Crippen molar-refractivity contribution in [2.45, 2.75) is 71.5 Å². The zero-order valence-electron chi connectivity index (χ0n) is 13.4. The highest BCUT2D eigenvalue weighted by molar-refractivity contribution is 5.48. The van der Waals surface area contributed by atoms with Gasteiger partial charge in [-0.25, -0.2) is 4.98 Å². The average Bonchev–Trinajstić information content (AvgIpc) is 3.22. The summed E-state index contributed by atoms with van der Waals surface area (Å²) in [5.41, 5.74) is 1.46. The molecule has 3 nitrogen and oxygen atoms in total. The van der Waals surface area contributed by atoms with Crippen LogP contribution >= 0.6 is 0 Å². The molecular formula is C17H29N3. The van der Waals surface area contributed by atoms with Crippen LogP contribution in [0.2, 0.25) is 0 Å². The lowest BCUT2D eigenvalue weighted by Gasteiger charge is -2.27. The van der Waals surface area contributed by atoms with Crippen molar-refractivity contribution in [1.82, 2.24) is 10.3 Å². The van der Waals surface area contributed by atoms with Gasteiger partial charge < -0.3 is 10.2 Å². The molecule has 1 heterocycles. The Hall–Kier alpha value is -1.09. The first-order chi connectivity index (χ1) is 9.51. The Morgan fingerprint density at radius 1 is 1.35 bits per heavy atom. The first-order valence-electron chi connectivity index (χ1n) is 7.97. The molecule has 0 bridgehead atoms. The zero-order valence-corrected chi connectivity index (χ0v) is 13.4. The molecule has 0 amide bonds. The van der Waals surface area contributed by atoms with Gasteiger partial charge in [0.25, 0.3) is 0 Å². The van der Waals surface area contributed by atoms with Gasteiger partial charge in [0.2, 0.25) is 0 Å². The van der Waals surface area contributed by atoms with Crippen molar-refractivity contribution in [3.8, 4) is 0 Å². The second-order valence-corrected chi connectivity index (χ2v) is 6.87. The third-order valence-electron chi connectivity index (χ3n) is 3.69. The van der Waals surface area contributed by atoms with E-state index in [9.17, 15) is 0 Å². The minimum atomic E-state index is 0.140. The van der Waals surface area contributed by atoms with E-state index in [2.05, 4.69) is 49.0 Å². The van der Waals surface area contributed by atoms with Crippen LogP contribution in [0.3, 0.4) is 0 Å². The van der Waals surface area contributed by atoms with E-state index in [0.29, 0.717) is 0 Å². The number of nitrogens with zero attached hydrogens (tertiary/aromatic N) is 2. The molecule has 20 heavy (non-hydrogen) atoms. The maximum absolute atomic E-state index is 4.68. The molecule has 0 atom stereocenters. The summed E-state index contributed by atoms with van der Waals surface area (Å²) < 4.78 is 0. The number of unbranched alkanes of at least 4 members (excludes halogenated alkanes) is 1. The number of hydrogen-bond acceptors (Lipinski definition) is 3. The molecule has 3 heteroatoms. The van der Waals surface area contributed by atoms with Crippen LogP contribution in [0.5, 0.6) is 0 Å². The monoisotopic (exact) mass is 275 g/mol. The SMILES string of the molecule is CCCCN(c1ncccc1CNC(C)(C)C)C1CC1. The van der Waals surface area contributed by atoms with E-state index >= 15 is 0 Å². The van der Waals surface area contributed by atoms with Gasteiger partial charge in [0.05, 0.1) is 0 Å². The predicted molar refractivity (Wildman–Crippen MR) is 86.1 cm³/mol. The van der Waals surface area contributed by atoms with Crippen LogP contribution in [-0.4, -0.2) is 23.1 Å². The molecule has 112 valence electrons. The van der Waals surface area contributed by atoms with Gasteiger partial charge in [-0.1, -0.05) is 19.4 Å². The molecule has 0 unspecified atom stereocenters. The smallest absolute Gasteiger partial charge is 0.133 e. The summed E-state index contributed by atoms with van der Waals surface area (Å²) in [7, 11) is 0. The molecule has 1 aromatic heterocycles. The van der Waals surface area contributed by atoms with Crippen molar-refractivity contribution in [1.29, 1.82) is 0 Å². The van der Waals surface area contributed by atoms with E-state index in [1.165, 1.54) is 37.1 Å². The Morgan fingerprint density at radius 2 is 2.10 bits per heavy atom. The standard InChI is InChI=1S/C17H29N3/c1-5-6-12-20(15-9-10-15)16-14(8-7-11-18-16)13-19-17(2,3)4/h7-8,11,15,19H,5-6,9-10,12-13H2,1-4H3. The van der Waals surface area contributed by atoms with Crippen molar-refractivity contribution in [3.63, 3.8) is 0 Å². The predicted octanol–water partition coefficient (Wildman–Crippen LogP) is 3.74. The number of hydrogen-bond donors (Lipinski definition) is 1. The summed E-state index contributed by atoms with van der Waals surface area (Å²) >= 11 is 0. The van der Waals surface area contributed by atoms with Crippen LogP contribution in [-0.2, 0) is 6.54 Å². The van der Waals surface area contributed by atoms with Gasteiger partial charge in [-0.3, -0.25) is 0 Å². The lowest BCUT2D eigenvalue weighted by Crippen LogP contribution is -2.36. The van der Waals surface area contributed by atoms with Gasteiger partial charge in [-0.05, 0) is 46.1 Å². The van der Waals surface area contributed by atoms with E-state index in [-0.39, 0.29) is 5.54 Å². The molecule has 1 aromatic rings. The summed E-state index contributed by atoms with van der Waals surface area (Å²) in [6.07, 6.45) is 7.07. The van der Waals surface area contributed by atoms with Gasteiger partial charge in [0, 0.05) is 36.4 Å².